The molecular weight excluding hydrogens is 314 g/mol. The van der Waals surface area contributed by atoms with Crippen molar-refractivity contribution < 1.29 is 29.4 Å². The molecule has 0 spiro atoms. The van der Waals surface area contributed by atoms with Crippen LogP contribution >= 0.6 is 0 Å². The molecule has 1 unspecified atom stereocenters. The second-order valence-corrected chi connectivity index (χ2v) is 6.27. The summed E-state index contributed by atoms with van der Waals surface area (Å²) in [6.45, 7) is 4.07. The zero-order valence-corrected chi connectivity index (χ0v) is 17.5. The van der Waals surface area contributed by atoms with E-state index in [4.69, 9.17) is 5.11 Å². The molecule has 0 aromatic rings. The van der Waals surface area contributed by atoms with Gasteiger partial charge in [-0.1, -0.05) is 97.3 Å². The standard InChI is InChI=1S/C18H36O2.Zn/c1-3-4-5-6-7-8-9-10-11-12-13-14-15-16-17(2)18(19)20;/h17H,3-16H2,1-2H3,(H,19,20);. The fraction of sp³-hybridized carbons (Fsp3) is 0.944. The predicted octanol–water partition coefficient (Wildman–Crippen LogP) is 6.19. The van der Waals surface area contributed by atoms with E-state index in [1.54, 1.807) is 0 Å². The van der Waals surface area contributed by atoms with Crippen molar-refractivity contribution in [3.8, 4) is 0 Å². The smallest absolute Gasteiger partial charge is 0.306 e. The molecule has 0 aliphatic rings. The number of carbonyl (C=O) groups is 1. The molecule has 1 N–H and O–H groups in total. The molecule has 122 valence electrons. The number of carboxylic acid groups (broad SMARTS) is 1. The van der Waals surface area contributed by atoms with Gasteiger partial charge in [0.25, 0.3) is 0 Å². The molecule has 1 atom stereocenters. The Balaban J connectivity index is 0. The summed E-state index contributed by atoms with van der Waals surface area (Å²) in [5.41, 5.74) is 0. The van der Waals surface area contributed by atoms with Gasteiger partial charge in [-0.25, -0.2) is 0 Å². The van der Waals surface area contributed by atoms with Crippen LogP contribution in [0.15, 0.2) is 0 Å². The predicted molar refractivity (Wildman–Crippen MR) is 87.1 cm³/mol. The van der Waals surface area contributed by atoms with E-state index in [-0.39, 0.29) is 25.4 Å². The fourth-order valence-electron chi connectivity index (χ4n) is 2.59. The first kappa shape index (κ1) is 23.4. The average Bonchev–Trinajstić information content (AvgIpc) is 2.43. The van der Waals surface area contributed by atoms with Crippen molar-refractivity contribution in [3.05, 3.63) is 0 Å². The topological polar surface area (TPSA) is 37.3 Å². The summed E-state index contributed by atoms with van der Waals surface area (Å²) in [6, 6.07) is 0. The number of hydrogen-bond acceptors (Lipinski definition) is 1. The molecule has 21 heavy (non-hydrogen) atoms. The minimum absolute atomic E-state index is 0. The third-order valence-corrected chi connectivity index (χ3v) is 4.16. The second kappa shape index (κ2) is 18.1. The minimum Gasteiger partial charge on any atom is -0.481 e. The molecule has 0 heterocycles. The zero-order valence-electron chi connectivity index (χ0n) is 14.5. The van der Waals surface area contributed by atoms with Crippen molar-refractivity contribution >= 4 is 5.97 Å². The normalized spacial score (nSPS) is 11.9. The summed E-state index contributed by atoms with van der Waals surface area (Å²) in [5.74, 6) is -0.813. The van der Waals surface area contributed by atoms with Crippen LogP contribution in [0.3, 0.4) is 0 Å². The Bertz CT molecular complexity index is 219. The van der Waals surface area contributed by atoms with Crippen molar-refractivity contribution in [2.24, 2.45) is 5.92 Å². The van der Waals surface area contributed by atoms with Crippen LogP contribution < -0.4 is 0 Å². The van der Waals surface area contributed by atoms with Gasteiger partial charge in [0.15, 0.2) is 0 Å². The maximum Gasteiger partial charge on any atom is 0.306 e. The maximum absolute atomic E-state index is 10.6. The third kappa shape index (κ3) is 18.0. The second-order valence-electron chi connectivity index (χ2n) is 6.27. The molecule has 0 bridgehead atoms. The molecule has 0 saturated carbocycles. The summed E-state index contributed by atoms with van der Waals surface area (Å²) in [4.78, 5) is 10.6. The van der Waals surface area contributed by atoms with Gasteiger partial charge in [0, 0.05) is 19.5 Å². The van der Waals surface area contributed by atoms with E-state index in [0.29, 0.717) is 0 Å². The van der Waals surface area contributed by atoms with E-state index in [2.05, 4.69) is 6.92 Å². The molecule has 3 heteroatoms. The van der Waals surface area contributed by atoms with Crippen LogP contribution in [0.5, 0.6) is 0 Å². The van der Waals surface area contributed by atoms with E-state index in [1.807, 2.05) is 6.92 Å². The van der Waals surface area contributed by atoms with Gasteiger partial charge in [-0.05, 0) is 6.42 Å². The molecular formula is C18H36O2Zn. The van der Waals surface area contributed by atoms with Gasteiger partial charge in [0.1, 0.15) is 0 Å². The van der Waals surface area contributed by atoms with Crippen LogP contribution in [0.1, 0.15) is 104 Å². The average molecular weight is 350 g/mol. The van der Waals surface area contributed by atoms with Gasteiger partial charge in [-0.3, -0.25) is 4.79 Å². The molecule has 0 aliphatic heterocycles. The number of unbranched alkanes of at least 4 members (excludes halogenated alkanes) is 12. The van der Waals surface area contributed by atoms with E-state index >= 15 is 0 Å². The Labute approximate surface area is 145 Å². The van der Waals surface area contributed by atoms with E-state index < -0.39 is 5.97 Å². The largest absolute Gasteiger partial charge is 0.481 e. The quantitative estimate of drug-likeness (QED) is 0.283. The van der Waals surface area contributed by atoms with Crippen LogP contribution in [0.2, 0.25) is 0 Å². The molecule has 2 nitrogen and oxygen atoms in total. The zero-order chi connectivity index (χ0) is 15.1. The Kier molecular flexibility index (Phi) is 20.2. The van der Waals surface area contributed by atoms with Crippen molar-refractivity contribution in [3.63, 3.8) is 0 Å². The monoisotopic (exact) mass is 348 g/mol. The van der Waals surface area contributed by atoms with Gasteiger partial charge < -0.3 is 5.11 Å². The van der Waals surface area contributed by atoms with E-state index in [1.165, 1.54) is 77.0 Å². The van der Waals surface area contributed by atoms with Gasteiger partial charge in [-0.15, -0.1) is 0 Å². The fourth-order valence-corrected chi connectivity index (χ4v) is 2.59. The van der Waals surface area contributed by atoms with Gasteiger partial charge in [-0.2, -0.15) is 0 Å². The van der Waals surface area contributed by atoms with Crippen molar-refractivity contribution in [2.75, 3.05) is 0 Å². The molecule has 0 aliphatic carbocycles. The Hall–Kier alpha value is 0.0934. The number of aliphatic carboxylic acids is 1. The molecule has 0 aromatic heterocycles. The van der Waals surface area contributed by atoms with Gasteiger partial charge >= 0.3 is 5.97 Å². The minimum atomic E-state index is -0.649. The molecule has 0 radical (unpaired) electrons. The van der Waals surface area contributed by atoms with Crippen LogP contribution in [-0.2, 0) is 24.3 Å². The van der Waals surface area contributed by atoms with Crippen LogP contribution in [0.4, 0.5) is 0 Å². The van der Waals surface area contributed by atoms with Crippen LogP contribution in [0, 0.1) is 5.92 Å². The van der Waals surface area contributed by atoms with Crippen molar-refractivity contribution in [1.82, 2.24) is 0 Å². The van der Waals surface area contributed by atoms with E-state index in [9.17, 15) is 4.79 Å². The molecule has 0 fully saturated rings. The first-order valence-corrected chi connectivity index (χ1v) is 8.91. The van der Waals surface area contributed by atoms with Crippen LogP contribution in [-0.4, -0.2) is 11.1 Å². The summed E-state index contributed by atoms with van der Waals surface area (Å²) in [7, 11) is 0. The number of hydrogen-bond donors (Lipinski definition) is 1. The Morgan fingerprint density at radius 3 is 1.43 bits per heavy atom. The van der Waals surface area contributed by atoms with Crippen LogP contribution in [0.25, 0.3) is 0 Å². The summed E-state index contributed by atoms with van der Waals surface area (Å²) >= 11 is 0. The molecule has 0 saturated heterocycles. The first-order valence-electron chi connectivity index (χ1n) is 8.91. The van der Waals surface area contributed by atoms with Gasteiger partial charge in [0.05, 0.1) is 5.92 Å². The number of rotatable bonds is 15. The molecule has 0 rings (SSSR count). The SMILES string of the molecule is CCCCCCCCCCCCCCCC(C)C(=O)O.[Zn]. The Morgan fingerprint density at radius 2 is 1.10 bits per heavy atom. The summed E-state index contributed by atoms with van der Waals surface area (Å²) in [6.07, 6.45) is 18.3. The molecule has 0 amide bonds. The first-order chi connectivity index (χ1) is 9.68. The third-order valence-electron chi connectivity index (χ3n) is 4.16. The Morgan fingerprint density at radius 1 is 0.762 bits per heavy atom. The van der Waals surface area contributed by atoms with Crippen molar-refractivity contribution in [1.29, 1.82) is 0 Å². The summed E-state index contributed by atoms with van der Waals surface area (Å²) < 4.78 is 0. The van der Waals surface area contributed by atoms with Crippen molar-refractivity contribution in [2.45, 2.75) is 104 Å². The number of carboxylic acids is 1. The molecule has 0 aromatic carbocycles. The van der Waals surface area contributed by atoms with Gasteiger partial charge in [0.2, 0.25) is 0 Å². The van der Waals surface area contributed by atoms with E-state index in [0.717, 1.165) is 12.8 Å². The summed E-state index contributed by atoms with van der Waals surface area (Å²) in [5, 5.41) is 8.77. The maximum atomic E-state index is 10.6.